The zero-order valence-electron chi connectivity index (χ0n) is 12.7. The van der Waals surface area contributed by atoms with Gasteiger partial charge in [-0.25, -0.2) is 0 Å². The van der Waals surface area contributed by atoms with Crippen LogP contribution in [-0.2, 0) is 4.79 Å². The van der Waals surface area contributed by atoms with Gasteiger partial charge in [0.15, 0.2) is 0 Å². The van der Waals surface area contributed by atoms with E-state index in [2.05, 4.69) is 27.7 Å². The van der Waals surface area contributed by atoms with Crippen LogP contribution in [0.3, 0.4) is 0 Å². The molecular formula is C15H32O2. The first-order chi connectivity index (χ1) is 7.99. The second-order valence-corrected chi connectivity index (χ2v) is 5.18. The third-order valence-electron chi connectivity index (χ3n) is 4.56. The molecular weight excluding hydrogens is 212 g/mol. The summed E-state index contributed by atoms with van der Waals surface area (Å²) < 4.78 is 0. The highest BCUT2D eigenvalue weighted by Crippen LogP contribution is 2.54. The van der Waals surface area contributed by atoms with Crippen LogP contribution in [0.15, 0.2) is 0 Å². The van der Waals surface area contributed by atoms with Crippen molar-refractivity contribution in [2.45, 2.75) is 80.1 Å². The van der Waals surface area contributed by atoms with Crippen LogP contribution in [0.2, 0.25) is 0 Å². The van der Waals surface area contributed by atoms with Crippen LogP contribution in [0, 0.1) is 10.8 Å². The van der Waals surface area contributed by atoms with Crippen molar-refractivity contribution >= 4 is 6.47 Å². The molecule has 0 unspecified atom stereocenters. The van der Waals surface area contributed by atoms with E-state index in [1.54, 1.807) is 0 Å². The Morgan fingerprint density at radius 2 is 1.53 bits per heavy atom. The topological polar surface area (TPSA) is 37.3 Å². The van der Waals surface area contributed by atoms with E-state index in [4.69, 9.17) is 9.90 Å². The molecule has 2 nitrogen and oxygen atoms in total. The molecule has 17 heavy (non-hydrogen) atoms. The van der Waals surface area contributed by atoms with Gasteiger partial charge >= 0.3 is 0 Å². The minimum absolute atomic E-state index is 0.250. The predicted molar refractivity (Wildman–Crippen MR) is 75.3 cm³/mol. The molecule has 0 radical (unpaired) electrons. The number of carboxylic acid groups (broad SMARTS) is 1. The molecule has 0 aromatic carbocycles. The summed E-state index contributed by atoms with van der Waals surface area (Å²) in [5.41, 5.74) is 1.25. The third-order valence-corrected chi connectivity index (χ3v) is 4.56. The fourth-order valence-corrected chi connectivity index (χ4v) is 2.94. The fourth-order valence-electron chi connectivity index (χ4n) is 2.94. The smallest absolute Gasteiger partial charge is 0.290 e. The Hall–Kier alpha value is -0.530. The lowest BCUT2D eigenvalue weighted by atomic mass is 9.61. The molecule has 0 aromatic rings. The molecule has 0 spiro atoms. The third kappa shape index (κ3) is 5.10. The Morgan fingerprint density at radius 1 is 1.18 bits per heavy atom. The van der Waals surface area contributed by atoms with Crippen LogP contribution in [-0.4, -0.2) is 11.6 Å². The largest absolute Gasteiger partial charge is 0.483 e. The summed E-state index contributed by atoms with van der Waals surface area (Å²) >= 11 is 0. The van der Waals surface area contributed by atoms with E-state index >= 15 is 0 Å². The van der Waals surface area contributed by atoms with Crippen LogP contribution in [0.4, 0.5) is 0 Å². The van der Waals surface area contributed by atoms with Crippen molar-refractivity contribution in [1.82, 2.24) is 0 Å². The van der Waals surface area contributed by atoms with E-state index < -0.39 is 0 Å². The first kappa shape index (κ1) is 18.8. The summed E-state index contributed by atoms with van der Waals surface area (Å²) in [6, 6.07) is 0. The van der Waals surface area contributed by atoms with E-state index in [9.17, 15) is 0 Å². The summed E-state index contributed by atoms with van der Waals surface area (Å²) in [4.78, 5) is 8.36. The van der Waals surface area contributed by atoms with Crippen LogP contribution in [0.25, 0.3) is 0 Å². The maximum Gasteiger partial charge on any atom is 0.290 e. The summed E-state index contributed by atoms with van der Waals surface area (Å²) in [5, 5.41) is 6.89. The van der Waals surface area contributed by atoms with Crippen molar-refractivity contribution < 1.29 is 9.90 Å². The monoisotopic (exact) mass is 244 g/mol. The number of rotatable bonds is 3. The molecule has 0 aromatic heterocycles. The van der Waals surface area contributed by atoms with E-state index in [1.165, 1.54) is 38.5 Å². The Kier molecular flexibility index (Phi) is 10.5. The maximum absolute atomic E-state index is 8.36. The summed E-state index contributed by atoms with van der Waals surface area (Å²) in [5.74, 6) is 0. The van der Waals surface area contributed by atoms with Crippen molar-refractivity contribution in [2.24, 2.45) is 10.8 Å². The first-order valence-corrected chi connectivity index (χ1v) is 7.07. The number of hydrogen-bond acceptors (Lipinski definition) is 1. The van der Waals surface area contributed by atoms with Crippen LogP contribution >= 0.6 is 0 Å². The molecule has 104 valence electrons. The quantitative estimate of drug-likeness (QED) is 0.700. The second kappa shape index (κ2) is 9.49. The van der Waals surface area contributed by atoms with Crippen molar-refractivity contribution in [1.29, 1.82) is 0 Å². The SMILES string of the molecule is CC.CCC(C)(C)C1(CC)CCCC1.O=CO. The molecule has 0 saturated heterocycles. The molecule has 1 aliphatic rings. The summed E-state index contributed by atoms with van der Waals surface area (Å²) in [6.07, 6.45) is 8.61. The Bertz CT molecular complexity index is 179. The van der Waals surface area contributed by atoms with Gasteiger partial charge in [-0.15, -0.1) is 0 Å². The normalized spacial score (nSPS) is 17.3. The van der Waals surface area contributed by atoms with Gasteiger partial charge in [0.1, 0.15) is 0 Å². The first-order valence-electron chi connectivity index (χ1n) is 7.07. The van der Waals surface area contributed by atoms with Crippen LogP contribution in [0.1, 0.15) is 80.1 Å². The predicted octanol–water partition coefficient (Wildman–Crippen LogP) is 5.12. The Balaban J connectivity index is 0. The zero-order valence-corrected chi connectivity index (χ0v) is 12.7. The van der Waals surface area contributed by atoms with Gasteiger partial charge in [-0.3, -0.25) is 4.79 Å². The average molecular weight is 244 g/mol. The van der Waals surface area contributed by atoms with Crippen molar-refractivity contribution in [2.75, 3.05) is 0 Å². The highest BCUT2D eigenvalue weighted by Gasteiger charge is 2.43. The Morgan fingerprint density at radius 3 is 1.76 bits per heavy atom. The van der Waals surface area contributed by atoms with Gasteiger partial charge in [-0.05, 0) is 30.1 Å². The highest BCUT2D eigenvalue weighted by molar-refractivity contribution is 5.32. The second-order valence-electron chi connectivity index (χ2n) is 5.18. The van der Waals surface area contributed by atoms with Crippen LogP contribution in [0.5, 0.6) is 0 Å². The van der Waals surface area contributed by atoms with E-state index in [1.807, 2.05) is 13.8 Å². The van der Waals surface area contributed by atoms with Gasteiger partial charge in [0.25, 0.3) is 6.47 Å². The average Bonchev–Trinajstić information content (AvgIpc) is 2.83. The van der Waals surface area contributed by atoms with Crippen molar-refractivity contribution in [3.8, 4) is 0 Å². The number of hydrogen-bond donors (Lipinski definition) is 1. The molecule has 0 atom stereocenters. The van der Waals surface area contributed by atoms with Gasteiger partial charge in [0.05, 0.1) is 0 Å². The molecule has 1 saturated carbocycles. The molecule has 0 heterocycles. The van der Waals surface area contributed by atoms with Crippen molar-refractivity contribution in [3.05, 3.63) is 0 Å². The summed E-state index contributed by atoms with van der Waals surface area (Å²) in [6.45, 7) is 13.4. The lowest BCUT2D eigenvalue weighted by Crippen LogP contribution is -2.34. The lowest BCUT2D eigenvalue weighted by Gasteiger charge is -2.43. The standard InChI is InChI=1S/C12H24.C2H6.CH2O2/c1-5-11(3,4)12(6-2)9-7-8-10-12;1-2;2-1-3/h5-10H2,1-4H3;1-2H3;1H,(H,2,3). The summed E-state index contributed by atoms with van der Waals surface area (Å²) in [7, 11) is 0. The van der Waals surface area contributed by atoms with Gasteiger partial charge in [0, 0.05) is 0 Å². The van der Waals surface area contributed by atoms with Crippen molar-refractivity contribution in [3.63, 3.8) is 0 Å². The Labute approximate surface area is 108 Å². The van der Waals surface area contributed by atoms with Gasteiger partial charge < -0.3 is 5.11 Å². The van der Waals surface area contributed by atoms with E-state index in [-0.39, 0.29) is 6.47 Å². The van der Waals surface area contributed by atoms with Gasteiger partial charge in [-0.2, -0.15) is 0 Å². The van der Waals surface area contributed by atoms with Crippen LogP contribution < -0.4 is 0 Å². The molecule has 1 fully saturated rings. The lowest BCUT2D eigenvalue weighted by molar-refractivity contribution is -0.122. The minimum atomic E-state index is -0.250. The number of carbonyl (C=O) groups is 1. The molecule has 0 aliphatic heterocycles. The van der Waals surface area contributed by atoms with E-state index in [0.29, 0.717) is 10.8 Å². The maximum atomic E-state index is 8.36. The molecule has 2 heteroatoms. The molecule has 0 amide bonds. The molecule has 1 rings (SSSR count). The minimum Gasteiger partial charge on any atom is -0.483 e. The highest BCUT2D eigenvalue weighted by atomic mass is 16.3. The molecule has 0 bridgehead atoms. The van der Waals surface area contributed by atoms with E-state index in [0.717, 1.165) is 0 Å². The zero-order chi connectivity index (χ0) is 13.9. The molecule has 1 N–H and O–H groups in total. The fraction of sp³-hybridized carbons (Fsp3) is 0.933. The van der Waals surface area contributed by atoms with Gasteiger partial charge in [0.2, 0.25) is 0 Å². The molecule has 1 aliphatic carbocycles. The van der Waals surface area contributed by atoms with Gasteiger partial charge in [-0.1, -0.05) is 60.8 Å².